The van der Waals surface area contributed by atoms with Crippen LogP contribution in [0, 0.1) is 5.92 Å². The van der Waals surface area contributed by atoms with Gasteiger partial charge in [0.2, 0.25) is 0 Å². The van der Waals surface area contributed by atoms with Crippen molar-refractivity contribution in [2.75, 3.05) is 20.2 Å². The number of carbonyl (C=O) groups is 1. The van der Waals surface area contributed by atoms with Crippen molar-refractivity contribution >= 4 is 16.7 Å². The molecule has 3 rings (SSSR count). The van der Waals surface area contributed by atoms with E-state index in [1.807, 2.05) is 18.2 Å². The first-order valence-electron chi connectivity index (χ1n) is 7.80. The summed E-state index contributed by atoms with van der Waals surface area (Å²) in [6, 6.07) is 11.9. The monoisotopic (exact) mass is 300 g/mol. The minimum absolute atomic E-state index is 0.0369. The molecule has 0 spiro atoms. The van der Waals surface area contributed by atoms with Crippen molar-refractivity contribution in [2.24, 2.45) is 5.92 Å². The molecule has 0 amide bonds. The zero-order valence-electron chi connectivity index (χ0n) is 12.8. The number of fused-ring (bicyclic) bond motifs is 1. The number of hydrogen-bond acceptors (Lipinski definition) is 3. The van der Waals surface area contributed by atoms with E-state index in [2.05, 4.69) is 12.1 Å². The average Bonchev–Trinajstić information content (AvgIpc) is 2.57. The van der Waals surface area contributed by atoms with Crippen LogP contribution in [0.15, 0.2) is 36.4 Å². The number of benzene rings is 2. The van der Waals surface area contributed by atoms with Gasteiger partial charge in [-0.1, -0.05) is 30.3 Å². The van der Waals surface area contributed by atoms with Crippen LogP contribution in [0.4, 0.5) is 0 Å². The molecule has 0 aliphatic carbocycles. The zero-order chi connectivity index (χ0) is 15.5. The Kier molecular flexibility index (Phi) is 4.29. The Morgan fingerprint density at radius 1 is 1.23 bits per heavy atom. The molecule has 2 aromatic carbocycles. The number of likely N-dealkylation sites (tertiary alicyclic amines) is 1. The van der Waals surface area contributed by atoms with Crippen molar-refractivity contribution in [1.29, 1.82) is 0 Å². The smallest absolute Gasteiger partial charge is 0.309 e. The van der Waals surface area contributed by atoms with Gasteiger partial charge in [0.05, 0.1) is 31.7 Å². The van der Waals surface area contributed by atoms with Crippen LogP contribution in [0.5, 0.6) is 5.75 Å². The number of nitrogens with one attached hydrogen (secondary N) is 1. The van der Waals surface area contributed by atoms with Crippen LogP contribution in [0.2, 0.25) is 0 Å². The van der Waals surface area contributed by atoms with E-state index >= 15 is 0 Å². The number of esters is 1. The highest BCUT2D eigenvalue weighted by Crippen LogP contribution is 2.26. The summed E-state index contributed by atoms with van der Waals surface area (Å²) in [5, 5.41) is 12.5. The number of ether oxygens (including phenoxy) is 1. The second-order valence-electron chi connectivity index (χ2n) is 6.01. The van der Waals surface area contributed by atoms with Crippen LogP contribution in [-0.2, 0) is 16.1 Å². The Morgan fingerprint density at radius 3 is 2.68 bits per heavy atom. The number of methoxy groups -OCH3 is 1. The second kappa shape index (κ2) is 6.36. The van der Waals surface area contributed by atoms with Crippen LogP contribution in [0.3, 0.4) is 0 Å². The molecule has 0 saturated carbocycles. The third-order valence-corrected chi connectivity index (χ3v) is 4.67. The fourth-order valence-corrected chi connectivity index (χ4v) is 3.37. The predicted octanol–water partition coefficient (Wildman–Crippen LogP) is 1.51. The van der Waals surface area contributed by atoms with Gasteiger partial charge < -0.3 is 14.7 Å². The molecule has 116 valence electrons. The van der Waals surface area contributed by atoms with Gasteiger partial charge in [0.1, 0.15) is 12.3 Å². The van der Waals surface area contributed by atoms with Crippen molar-refractivity contribution < 1.29 is 19.5 Å². The maximum atomic E-state index is 11.6. The first kappa shape index (κ1) is 14.9. The molecule has 22 heavy (non-hydrogen) atoms. The quantitative estimate of drug-likeness (QED) is 0.845. The number of phenols is 1. The maximum absolute atomic E-state index is 11.6. The molecular weight excluding hydrogens is 278 g/mol. The van der Waals surface area contributed by atoms with Crippen molar-refractivity contribution in [1.82, 2.24) is 0 Å². The van der Waals surface area contributed by atoms with Crippen LogP contribution in [0.1, 0.15) is 18.4 Å². The summed E-state index contributed by atoms with van der Waals surface area (Å²) < 4.78 is 4.83. The topological polar surface area (TPSA) is 51.0 Å². The minimum atomic E-state index is -0.0907. The highest BCUT2D eigenvalue weighted by Gasteiger charge is 2.28. The summed E-state index contributed by atoms with van der Waals surface area (Å²) in [6.07, 6.45) is 1.71. The lowest BCUT2D eigenvalue weighted by atomic mass is 9.96. The van der Waals surface area contributed by atoms with E-state index in [4.69, 9.17) is 4.74 Å². The summed E-state index contributed by atoms with van der Waals surface area (Å²) in [4.78, 5) is 13.0. The minimum Gasteiger partial charge on any atom is -0.507 e. The molecule has 2 aromatic rings. The number of carbonyl (C=O) groups excluding carboxylic acids is 1. The SMILES string of the molecule is COC(=O)C1CC[NH+](Cc2c(O)ccc3ccccc23)CC1. The molecule has 1 fully saturated rings. The lowest BCUT2D eigenvalue weighted by Crippen LogP contribution is -3.11. The molecule has 0 radical (unpaired) electrons. The van der Waals surface area contributed by atoms with E-state index in [1.54, 1.807) is 6.07 Å². The van der Waals surface area contributed by atoms with Gasteiger partial charge in [0.15, 0.2) is 0 Å². The normalized spacial score (nSPS) is 21.7. The Labute approximate surface area is 130 Å². The standard InChI is InChI=1S/C18H21NO3/c1-22-18(21)14-8-10-19(11-9-14)12-16-15-5-3-2-4-13(15)6-7-17(16)20/h2-7,14,20H,8-12H2,1H3/p+1. The van der Waals surface area contributed by atoms with Crippen LogP contribution < -0.4 is 4.90 Å². The fraction of sp³-hybridized carbons (Fsp3) is 0.389. The molecule has 1 aliphatic heterocycles. The number of aromatic hydroxyl groups is 1. The van der Waals surface area contributed by atoms with Crippen molar-refractivity contribution in [3.8, 4) is 5.75 Å². The van der Waals surface area contributed by atoms with Gasteiger partial charge in [-0.2, -0.15) is 0 Å². The number of hydrogen-bond donors (Lipinski definition) is 2. The number of rotatable bonds is 3. The van der Waals surface area contributed by atoms with Crippen molar-refractivity contribution in [2.45, 2.75) is 19.4 Å². The Bertz CT molecular complexity index is 675. The van der Waals surface area contributed by atoms with Crippen molar-refractivity contribution in [3.05, 3.63) is 42.0 Å². The molecule has 0 unspecified atom stereocenters. The van der Waals surface area contributed by atoms with Gasteiger partial charge in [0, 0.05) is 12.8 Å². The van der Waals surface area contributed by atoms with Gasteiger partial charge in [-0.25, -0.2) is 0 Å². The van der Waals surface area contributed by atoms with E-state index < -0.39 is 0 Å². The molecule has 0 aromatic heterocycles. The summed E-state index contributed by atoms with van der Waals surface area (Å²) in [5.41, 5.74) is 1.00. The van der Waals surface area contributed by atoms with E-state index in [1.165, 1.54) is 12.0 Å². The molecule has 4 nitrogen and oxygen atoms in total. The molecule has 1 saturated heterocycles. The number of quaternary nitrogens is 1. The number of phenolic OH excluding ortho intramolecular Hbond substituents is 1. The highest BCUT2D eigenvalue weighted by molar-refractivity contribution is 5.87. The Balaban J connectivity index is 1.75. The van der Waals surface area contributed by atoms with Crippen LogP contribution >= 0.6 is 0 Å². The zero-order valence-corrected chi connectivity index (χ0v) is 12.8. The van der Waals surface area contributed by atoms with Crippen LogP contribution in [-0.4, -0.2) is 31.3 Å². The lowest BCUT2D eigenvalue weighted by Gasteiger charge is -2.28. The third kappa shape index (κ3) is 2.92. The molecule has 4 heteroatoms. The third-order valence-electron chi connectivity index (χ3n) is 4.67. The predicted molar refractivity (Wildman–Crippen MR) is 84.8 cm³/mol. The van der Waals surface area contributed by atoms with Gasteiger partial charge >= 0.3 is 5.97 Å². The molecule has 0 atom stereocenters. The fourth-order valence-electron chi connectivity index (χ4n) is 3.37. The van der Waals surface area contributed by atoms with E-state index in [0.717, 1.165) is 48.8 Å². The Hall–Kier alpha value is -2.07. The first-order chi connectivity index (χ1) is 10.7. The van der Waals surface area contributed by atoms with Gasteiger partial charge in [-0.15, -0.1) is 0 Å². The van der Waals surface area contributed by atoms with Crippen LogP contribution in [0.25, 0.3) is 10.8 Å². The summed E-state index contributed by atoms with van der Waals surface area (Å²) in [7, 11) is 1.45. The maximum Gasteiger partial charge on any atom is 0.309 e. The lowest BCUT2D eigenvalue weighted by molar-refractivity contribution is -0.919. The molecule has 1 heterocycles. The van der Waals surface area contributed by atoms with Crippen molar-refractivity contribution in [3.63, 3.8) is 0 Å². The number of piperidine rings is 1. The molecular formula is C18H22NO3+. The van der Waals surface area contributed by atoms with Gasteiger partial charge in [-0.3, -0.25) is 4.79 Å². The molecule has 1 aliphatic rings. The van der Waals surface area contributed by atoms with E-state index in [0.29, 0.717) is 5.75 Å². The summed E-state index contributed by atoms with van der Waals surface area (Å²) in [6.45, 7) is 2.66. The Morgan fingerprint density at radius 2 is 1.95 bits per heavy atom. The summed E-state index contributed by atoms with van der Waals surface area (Å²) >= 11 is 0. The molecule has 0 bridgehead atoms. The summed E-state index contributed by atoms with van der Waals surface area (Å²) in [5.74, 6) is 0.309. The van der Waals surface area contributed by atoms with Gasteiger partial charge in [-0.05, 0) is 16.8 Å². The first-order valence-corrected chi connectivity index (χ1v) is 7.80. The average molecular weight is 300 g/mol. The molecule has 2 N–H and O–H groups in total. The highest BCUT2D eigenvalue weighted by atomic mass is 16.5. The largest absolute Gasteiger partial charge is 0.507 e. The van der Waals surface area contributed by atoms with E-state index in [-0.39, 0.29) is 11.9 Å². The van der Waals surface area contributed by atoms with E-state index in [9.17, 15) is 9.90 Å². The second-order valence-corrected chi connectivity index (χ2v) is 6.01. The van der Waals surface area contributed by atoms with Gasteiger partial charge in [0.25, 0.3) is 0 Å².